The molecule has 3 rings (SSSR count). The molecule has 2 aromatic carbocycles. The lowest BCUT2D eigenvalue weighted by molar-refractivity contribution is 0.676. The van der Waals surface area contributed by atoms with Crippen molar-refractivity contribution in [1.29, 1.82) is 0 Å². The Labute approximate surface area is 132 Å². The maximum absolute atomic E-state index is 6.29. The van der Waals surface area contributed by atoms with E-state index in [0.29, 0.717) is 0 Å². The van der Waals surface area contributed by atoms with E-state index in [4.69, 9.17) is 5.73 Å². The van der Waals surface area contributed by atoms with Crippen molar-refractivity contribution in [3.63, 3.8) is 0 Å². The summed E-state index contributed by atoms with van der Waals surface area (Å²) in [5.74, 6) is 0. The molecule has 1 heterocycles. The van der Waals surface area contributed by atoms with Crippen LogP contribution in [0.15, 0.2) is 71.3 Å². The monoisotopic (exact) mass is 341 g/mol. The van der Waals surface area contributed by atoms with Gasteiger partial charge >= 0.3 is 0 Å². The van der Waals surface area contributed by atoms with E-state index in [-0.39, 0.29) is 6.04 Å². The molecule has 3 aromatic rings. The summed E-state index contributed by atoms with van der Waals surface area (Å²) >= 11 is 3.56. The van der Waals surface area contributed by atoms with Crippen LogP contribution in [0.4, 0.5) is 0 Å². The third-order valence-electron chi connectivity index (χ3n) is 3.41. The van der Waals surface area contributed by atoms with Crippen molar-refractivity contribution < 1.29 is 0 Å². The third kappa shape index (κ3) is 3.23. The Morgan fingerprint density at radius 1 is 1.00 bits per heavy atom. The maximum atomic E-state index is 6.29. The van der Waals surface area contributed by atoms with Crippen molar-refractivity contribution in [1.82, 2.24) is 9.78 Å². The summed E-state index contributed by atoms with van der Waals surface area (Å²) in [4.78, 5) is 0. The van der Waals surface area contributed by atoms with Crippen molar-refractivity contribution in [3.05, 3.63) is 82.6 Å². The molecular weight excluding hydrogens is 326 g/mol. The summed E-state index contributed by atoms with van der Waals surface area (Å²) in [6.45, 7) is 0. The summed E-state index contributed by atoms with van der Waals surface area (Å²) in [5.41, 5.74) is 9.42. The van der Waals surface area contributed by atoms with Crippen LogP contribution in [0.5, 0.6) is 0 Å². The Bertz CT molecular complexity index is 722. The number of benzene rings is 2. The zero-order valence-electron chi connectivity index (χ0n) is 11.5. The summed E-state index contributed by atoms with van der Waals surface area (Å²) in [6, 6.07) is 20.0. The molecule has 0 bridgehead atoms. The van der Waals surface area contributed by atoms with Gasteiger partial charge in [-0.2, -0.15) is 5.10 Å². The van der Waals surface area contributed by atoms with Gasteiger partial charge in [0.15, 0.2) is 0 Å². The highest BCUT2D eigenvalue weighted by atomic mass is 79.9. The zero-order valence-corrected chi connectivity index (χ0v) is 13.1. The highest BCUT2D eigenvalue weighted by molar-refractivity contribution is 9.10. The number of nitrogens with two attached hydrogens (primary N) is 1. The molecule has 0 amide bonds. The number of hydrogen-bond donors (Lipinski definition) is 1. The number of aromatic nitrogens is 2. The van der Waals surface area contributed by atoms with Gasteiger partial charge in [0.2, 0.25) is 0 Å². The largest absolute Gasteiger partial charge is 0.322 e. The summed E-state index contributed by atoms with van der Waals surface area (Å²) in [5, 5.41) is 4.58. The molecule has 0 saturated carbocycles. The Morgan fingerprint density at radius 2 is 1.71 bits per heavy atom. The lowest BCUT2D eigenvalue weighted by atomic mass is 10.0. The minimum atomic E-state index is -0.117. The first kappa shape index (κ1) is 14.0. The van der Waals surface area contributed by atoms with Crippen LogP contribution in [0, 0.1) is 0 Å². The second-order valence-corrected chi connectivity index (χ2v) is 5.78. The second kappa shape index (κ2) is 6.24. The fourth-order valence-electron chi connectivity index (χ4n) is 2.27. The molecule has 0 radical (unpaired) electrons. The van der Waals surface area contributed by atoms with E-state index in [0.717, 1.165) is 22.3 Å². The smallest absolute Gasteiger partial charge is 0.0799 e. The number of rotatable bonds is 4. The van der Waals surface area contributed by atoms with Crippen molar-refractivity contribution in [3.8, 4) is 5.69 Å². The SMILES string of the molecule is NC(Cc1ccccc1Br)c1ccn(-c2ccccc2)n1. The van der Waals surface area contributed by atoms with Gasteiger partial charge in [-0.15, -0.1) is 0 Å². The molecule has 0 saturated heterocycles. The van der Waals surface area contributed by atoms with Crippen molar-refractivity contribution >= 4 is 15.9 Å². The van der Waals surface area contributed by atoms with Gasteiger partial charge in [0.1, 0.15) is 0 Å². The van der Waals surface area contributed by atoms with E-state index in [1.54, 1.807) is 0 Å². The van der Waals surface area contributed by atoms with E-state index in [1.165, 1.54) is 5.56 Å². The molecule has 0 aliphatic carbocycles. The van der Waals surface area contributed by atoms with E-state index < -0.39 is 0 Å². The van der Waals surface area contributed by atoms with Gasteiger partial charge in [-0.1, -0.05) is 52.3 Å². The normalized spacial score (nSPS) is 12.3. The van der Waals surface area contributed by atoms with Gasteiger partial charge < -0.3 is 5.73 Å². The highest BCUT2D eigenvalue weighted by Gasteiger charge is 2.12. The third-order valence-corrected chi connectivity index (χ3v) is 4.18. The fraction of sp³-hybridized carbons (Fsp3) is 0.118. The molecule has 0 spiro atoms. The topological polar surface area (TPSA) is 43.8 Å². The second-order valence-electron chi connectivity index (χ2n) is 4.92. The Hall–Kier alpha value is -1.91. The molecule has 1 aromatic heterocycles. The molecule has 0 aliphatic heterocycles. The van der Waals surface area contributed by atoms with Crippen LogP contribution < -0.4 is 5.73 Å². The van der Waals surface area contributed by atoms with E-state index in [9.17, 15) is 0 Å². The van der Waals surface area contributed by atoms with Crippen LogP contribution in [-0.4, -0.2) is 9.78 Å². The minimum Gasteiger partial charge on any atom is -0.322 e. The highest BCUT2D eigenvalue weighted by Crippen LogP contribution is 2.22. The van der Waals surface area contributed by atoms with Gasteiger partial charge in [0.25, 0.3) is 0 Å². The lowest BCUT2D eigenvalue weighted by Crippen LogP contribution is -2.14. The average Bonchev–Trinajstić information content (AvgIpc) is 3.00. The first-order chi connectivity index (χ1) is 10.2. The van der Waals surface area contributed by atoms with Gasteiger partial charge in [-0.3, -0.25) is 0 Å². The van der Waals surface area contributed by atoms with Crippen molar-refractivity contribution in [2.45, 2.75) is 12.5 Å². The molecular formula is C17H16BrN3. The van der Waals surface area contributed by atoms with Crippen molar-refractivity contribution in [2.75, 3.05) is 0 Å². The number of para-hydroxylation sites is 1. The molecule has 4 heteroatoms. The molecule has 106 valence electrons. The van der Waals surface area contributed by atoms with Crippen LogP contribution in [0.2, 0.25) is 0 Å². The average molecular weight is 342 g/mol. The fourth-order valence-corrected chi connectivity index (χ4v) is 2.71. The Kier molecular flexibility index (Phi) is 4.18. The molecule has 3 nitrogen and oxygen atoms in total. The van der Waals surface area contributed by atoms with E-state index >= 15 is 0 Å². The number of nitrogens with zero attached hydrogens (tertiary/aromatic N) is 2. The summed E-state index contributed by atoms with van der Waals surface area (Å²) < 4.78 is 2.94. The summed E-state index contributed by atoms with van der Waals surface area (Å²) in [7, 11) is 0. The predicted molar refractivity (Wildman–Crippen MR) is 88.3 cm³/mol. The molecule has 21 heavy (non-hydrogen) atoms. The van der Waals surface area contributed by atoms with Crippen LogP contribution in [0.3, 0.4) is 0 Å². The van der Waals surface area contributed by atoms with Crippen molar-refractivity contribution in [2.24, 2.45) is 5.73 Å². The Morgan fingerprint density at radius 3 is 2.48 bits per heavy atom. The van der Waals surface area contributed by atoms with Crippen LogP contribution in [0.25, 0.3) is 5.69 Å². The number of halogens is 1. The lowest BCUT2D eigenvalue weighted by Gasteiger charge is -2.10. The van der Waals surface area contributed by atoms with Gasteiger partial charge in [-0.25, -0.2) is 4.68 Å². The van der Waals surface area contributed by atoms with E-state index in [2.05, 4.69) is 27.1 Å². The van der Waals surface area contributed by atoms with E-state index in [1.807, 2.05) is 65.5 Å². The zero-order chi connectivity index (χ0) is 14.7. The maximum Gasteiger partial charge on any atom is 0.0799 e. The molecule has 0 fully saturated rings. The molecule has 0 aliphatic rings. The molecule has 1 atom stereocenters. The quantitative estimate of drug-likeness (QED) is 0.782. The minimum absolute atomic E-state index is 0.117. The molecule has 2 N–H and O–H groups in total. The first-order valence-electron chi connectivity index (χ1n) is 6.84. The van der Waals surface area contributed by atoms with Gasteiger partial charge in [-0.05, 0) is 36.2 Å². The predicted octanol–water partition coefficient (Wildman–Crippen LogP) is 3.88. The summed E-state index contributed by atoms with van der Waals surface area (Å²) in [6.07, 6.45) is 2.71. The van der Waals surface area contributed by atoms with Crippen LogP contribution in [-0.2, 0) is 6.42 Å². The Balaban J connectivity index is 1.79. The van der Waals surface area contributed by atoms with Crippen LogP contribution >= 0.6 is 15.9 Å². The standard InChI is InChI=1S/C17H16BrN3/c18-15-9-5-4-6-13(15)12-16(19)17-10-11-21(20-17)14-7-2-1-3-8-14/h1-11,16H,12,19H2. The van der Waals surface area contributed by atoms with Gasteiger partial charge in [0, 0.05) is 10.7 Å². The van der Waals surface area contributed by atoms with Crippen LogP contribution in [0.1, 0.15) is 17.3 Å². The first-order valence-corrected chi connectivity index (χ1v) is 7.63. The van der Waals surface area contributed by atoms with Gasteiger partial charge in [0.05, 0.1) is 17.4 Å². The number of hydrogen-bond acceptors (Lipinski definition) is 2. The molecule has 1 unspecified atom stereocenters.